The first-order chi connectivity index (χ1) is 7.66. The van der Waals surface area contributed by atoms with Gasteiger partial charge in [0.05, 0.1) is 12.2 Å². The van der Waals surface area contributed by atoms with Gasteiger partial charge in [-0.3, -0.25) is 0 Å². The van der Waals surface area contributed by atoms with E-state index < -0.39 is 0 Å². The first-order valence-corrected chi connectivity index (χ1v) is 5.80. The van der Waals surface area contributed by atoms with Gasteiger partial charge in [-0.05, 0) is 38.7 Å². The summed E-state index contributed by atoms with van der Waals surface area (Å²) in [5.74, 6) is 1.03. The highest BCUT2D eigenvalue weighted by atomic mass is 16.5. The van der Waals surface area contributed by atoms with Crippen molar-refractivity contribution in [2.75, 3.05) is 45.2 Å². The highest BCUT2D eigenvalue weighted by Gasteiger charge is 2.17. The Balaban J connectivity index is 2.13. The SMILES string of the molecule is Cc1ccc2c(c1)OCCN2CCN(C)C. The van der Waals surface area contributed by atoms with Crippen LogP contribution in [-0.4, -0.2) is 45.2 Å². The van der Waals surface area contributed by atoms with E-state index >= 15 is 0 Å². The van der Waals surface area contributed by atoms with Crippen LogP contribution in [0.5, 0.6) is 5.75 Å². The van der Waals surface area contributed by atoms with Crippen molar-refractivity contribution >= 4 is 5.69 Å². The fourth-order valence-electron chi connectivity index (χ4n) is 1.94. The monoisotopic (exact) mass is 220 g/mol. The zero-order valence-corrected chi connectivity index (χ0v) is 10.4. The maximum absolute atomic E-state index is 5.69. The van der Waals surface area contributed by atoms with Crippen molar-refractivity contribution in [3.05, 3.63) is 23.8 Å². The second-order valence-corrected chi connectivity index (χ2v) is 4.61. The van der Waals surface area contributed by atoms with E-state index in [1.165, 1.54) is 11.3 Å². The molecule has 1 aliphatic rings. The number of hydrogen-bond donors (Lipinski definition) is 0. The van der Waals surface area contributed by atoms with E-state index in [0.717, 1.165) is 32.0 Å². The summed E-state index contributed by atoms with van der Waals surface area (Å²) in [6.07, 6.45) is 0. The van der Waals surface area contributed by atoms with Gasteiger partial charge in [0.25, 0.3) is 0 Å². The molecule has 3 heteroatoms. The van der Waals surface area contributed by atoms with Crippen molar-refractivity contribution < 1.29 is 4.74 Å². The summed E-state index contributed by atoms with van der Waals surface area (Å²) in [7, 11) is 4.22. The Hall–Kier alpha value is -1.22. The third-order valence-electron chi connectivity index (χ3n) is 2.89. The molecule has 0 amide bonds. The predicted molar refractivity (Wildman–Crippen MR) is 67.4 cm³/mol. The van der Waals surface area contributed by atoms with Gasteiger partial charge < -0.3 is 14.5 Å². The smallest absolute Gasteiger partial charge is 0.142 e. The number of ether oxygens (including phenoxy) is 1. The summed E-state index contributed by atoms with van der Waals surface area (Å²) < 4.78 is 5.69. The molecule has 0 N–H and O–H groups in total. The largest absolute Gasteiger partial charge is 0.490 e. The van der Waals surface area contributed by atoms with E-state index in [2.05, 4.69) is 49.0 Å². The van der Waals surface area contributed by atoms with Crippen LogP contribution in [0.25, 0.3) is 0 Å². The Morgan fingerprint density at radius 3 is 2.94 bits per heavy atom. The normalized spacial score (nSPS) is 14.9. The Morgan fingerprint density at radius 2 is 2.19 bits per heavy atom. The van der Waals surface area contributed by atoms with Crippen molar-refractivity contribution in [2.45, 2.75) is 6.92 Å². The number of likely N-dealkylation sites (N-methyl/N-ethyl adjacent to an activating group) is 1. The molecule has 0 spiro atoms. The standard InChI is InChI=1S/C13H20N2O/c1-11-4-5-12-13(10-11)16-9-8-15(12)7-6-14(2)3/h4-5,10H,6-9H2,1-3H3. The van der Waals surface area contributed by atoms with Gasteiger partial charge in [-0.25, -0.2) is 0 Å². The van der Waals surface area contributed by atoms with E-state index in [4.69, 9.17) is 4.74 Å². The Labute approximate surface area is 97.6 Å². The zero-order chi connectivity index (χ0) is 11.5. The Kier molecular flexibility index (Phi) is 3.34. The lowest BCUT2D eigenvalue weighted by atomic mass is 10.1. The number of anilines is 1. The number of aryl methyl sites for hydroxylation is 1. The molecule has 0 aliphatic carbocycles. The van der Waals surface area contributed by atoms with Crippen LogP contribution in [0.4, 0.5) is 5.69 Å². The van der Waals surface area contributed by atoms with Crippen molar-refractivity contribution in [3.63, 3.8) is 0 Å². The molecule has 0 atom stereocenters. The molecule has 0 radical (unpaired) electrons. The van der Waals surface area contributed by atoms with Gasteiger partial charge in [-0.15, -0.1) is 0 Å². The molecule has 3 nitrogen and oxygen atoms in total. The lowest BCUT2D eigenvalue weighted by Gasteiger charge is -2.32. The molecule has 1 aromatic rings. The minimum Gasteiger partial charge on any atom is -0.490 e. The first-order valence-electron chi connectivity index (χ1n) is 5.80. The lowest BCUT2D eigenvalue weighted by molar-refractivity contribution is 0.302. The number of fused-ring (bicyclic) bond motifs is 1. The number of rotatable bonds is 3. The summed E-state index contributed by atoms with van der Waals surface area (Å²) in [6, 6.07) is 6.44. The third-order valence-corrected chi connectivity index (χ3v) is 2.89. The maximum Gasteiger partial charge on any atom is 0.142 e. The average molecular weight is 220 g/mol. The molecule has 16 heavy (non-hydrogen) atoms. The summed E-state index contributed by atoms with van der Waals surface area (Å²) in [5, 5.41) is 0. The molecule has 2 rings (SSSR count). The van der Waals surface area contributed by atoms with Crippen molar-refractivity contribution in [1.82, 2.24) is 4.90 Å². The highest BCUT2D eigenvalue weighted by molar-refractivity contribution is 5.61. The maximum atomic E-state index is 5.69. The molecular weight excluding hydrogens is 200 g/mol. The van der Waals surface area contributed by atoms with E-state index in [0.29, 0.717) is 0 Å². The van der Waals surface area contributed by atoms with Crippen molar-refractivity contribution in [1.29, 1.82) is 0 Å². The van der Waals surface area contributed by atoms with Crippen LogP contribution < -0.4 is 9.64 Å². The fraction of sp³-hybridized carbons (Fsp3) is 0.538. The zero-order valence-electron chi connectivity index (χ0n) is 10.4. The summed E-state index contributed by atoms with van der Waals surface area (Å²) in [6.45, 7) is 6.02. The van der Waals surface area contributed by atoms with E-state index in [1.807, 2.05) is 0 Å². The van der Waals surface area contributed by atoms with Crippen LogP contribution in [0.15, 0.2) is 18.2 Å². The van der Waals surface area contributed by atoms with Crippen molar-refractivity contribution in [3.8, 4) is 5.75 Å². The van der Waals surface area contributed by atoms with Crippen LogP contribution in [0, 0.1) is 6.92 Å². The summed E-state index contributed by atoms with van der Waals surface area (Å²) in [5.41, 5.74) is 2.49. The van der Waals surface area contributed by atoms with Gasteiger partial charge in [-0.2, -0.15) is 0 Å². The van der Waals surface area contributed by atoms with Gasteiger partial charge in [-0.1, -0.05) is 6.07 Å². The number of hydrogen-bond acceptors (Lipinski definition) is 3. The minimum absolute atomic E-state index is 0.796. The number of nitrogens with zero attached hydrogens (tertiary/aromatic N) is 2. The van der Waals surface area contributed by atoms with Gasteiger partial charge in [0.15, 0.2) is 0 Å². The van der Waals surface area contributed by atoms with Crippen LogP contribution in [0.2, 0.25) is 0 Å². The molecule has 0 fully saturated rings. The van der Waals surface area contributed by atoms with Crippen molar-refractivity contribution in [2.24, 2.45) is 0 Å². The second kappa shape index (κ2) is 4.74. The molecule has 0 saturated heterocycles. The molecule has 0 bridgehead atoms. The fourth-order valence-corrected chi connectivity index (χ4v) is 1.94. The molecule has 1 aliphatic heterocycles. The van der Waals surface area contributed by atoms with Gasteiger partial charge >= 0.3 is 0 Å². The predicted octanol–water partition coefficient (Wildman–Crippen LogP) is 1.76. The highest BCUT2D eigenvalue weighted by Crippen LogP contribution is 2.31. The molecule has 1 aromatic carbocycles. The molecular formula is C13H20N2O. The quantitative estimate of drug-likeness (QED) is 0.772. The van der Waals surface area contributed by atoms with Crippen LogP contribution >= 0.6 is 0 Å². The Bertz CT molecular complexity index is 363. The summed E-state index contributed by atoms with van der Waals surface area (Å²) >= 11 is 0. The second-order valence-electron chi connectivity index (χ2n) is 4.61. The van der Waals surface area contributed by atoms with Crippen LogP contribution in [0.1, 0.15) is 5.56 Å². The molecule has 0 saturated carbocycles. The number of benzene rings is 1. The van der Waals surface area contributed by atoms with E-state index in [-0.39, 0.29) is 0 Å². The van der Waals surface area contributed by atoms with E-state index in [1.54, 1.807) is 0 Å². The topological polar surface area (TPSA) is 15.7 Å². The van der Waals surface area contributed by atoms with Crippen LogP contribution in [-0.2, 0) is 0 Å². The Morgan fingerprint density at radius 1 is 1.38 bits per heavy atom. The molecule has 0 unspecified atom stereocenters. The molecule has 88 valence electrons. The van der Waals surface area contributed by atoms with Gasteiger partial charge in [0.1, 0.15) is 12.4 Å². The third kappa shape index (κ3) is 2.47. The summed E-state index contributed by atoms with van der Waals surface area (Å²) in [4.78, 5) is 4.61. The van der Waals surface area contributed by atoms with Gasteiger partial charge in [0, 0.05) is 13.1 Å². The van der Waals surface area contributed by atoms with Gasteiger partial charge in [0.2, 0.25) is 0 Å². The van der Waals surface area contributed by atoms with Crippen LogP contribution in [0.3, 0.4) is 0 Å². The minimum atomic E-state index is 0.796. The molecule has 1 heterocycles. The first kappa shape index (κ1) is 11.3. The average Bonchev–Trinajstić information content (AvgIpc) is 2.25. The lowest BCUT2D eigenvalue weighted by Crippen LogP contribution is -2.37. The van der Waals surface area contributed by atoms with E-state index in [9.17, 15) is 0 Å². The molecule has 0 aromatic heterocycles.